The molecule has 24 heavy (non-hydrogen) atoms. The van der Waals surface area contributed by atoms with E-state index in [-0.39, 0.29) is 5.76 Å². The highest BCUT2D eigenvalue weighted by molar-refractivity contribution is 6.21. The predicted molar refractivity (Wildman–Crippen MR) is 83.4 cm³/mol. The molecule has 2 aromatic carbocycles. The zero-order valence-electron chi connectivity index (χ0n) is 12.4. The van der Waals surface area contributed by atoms with Gasteiger partial charge in [-0.05, 0) is 24.3 Å². The van der Waals surface area contributed by atoms with Crippen molar-refractivity contribution in [1.29, 1.82) is 0 Å². The Balaban J connectivity index is 1.50. The third-order valence-electron chi connectivity index (χ3n) is 3.83. The van der Waals surface area contributed by atoms with Gasteiger partial charge in [0.25, 0.3) is 11.8 Å². The minimum atomic E-state index is -0.734. The molecule has 6 heteroatoms. The fourth-order valence-electron chi connectivity index (χ4n) is 2.63. The van der Waals surface area contributed by atoms with Gasteiger partial charge in [0.05, 0.1) is 11.1 Å². The standard InChI is InChI=1S/C18H11NO5/c20-16-12-6-2-3-7-13(12)17(21)19(16)10-23-18(22)15-9-11-5-1-4-8-14(11)24-15/h1-9H,10H2. The average molecular weight is 321 g/mol. The van der Waals surface area contributed by atoms with Crippen molar-refractivity contribution in [2.45, 2.75) is 0 Å². The van der Waals surface area contributed by atoms with E-state index in [4.69, 9.17) is 9.15 Å². The lowest BCUT2D eigenvalue weighted by atomic mass is 10.1. The molecule has 118 valence electrons. The molecule has 1 aromatic heterocycles. The zero-order valence-corrected chi connectivity index (χ0v) is 12.4. The number of carbonyl (C=O) groups excluding carboxylic acids is 3. The topological polar surface area (TPSA) is 76.8 Å². The quantitative estimate of drug-likeness (QED) is 0.547. The van der Waals surface area contributed by atoms with Crippen LogP contribution in [-0.4, -0.2) is 29.4 Å². The molecule has 0 N–H and O–H groups in total. The van der Waals surface area contributed by atoms with Gasteiger partial charge in [-0.15, -0.1) is 0 Å². The van der Waals surface area contributed by atoms with Crippen LogP contribution in [0.4, 0.5) is 0 Å². The summed E-state index contributed by atoms with van der Waals surface area (Å²) in [6, 6.07) is 15.2. The molecule has 0 bridgehead atoms. The summed E-state index contributed by atoms with van der Waals surface area (Å²) in [7, 11) is 0. The molecular weight excluding hydrogens is 310 g/mol. The number of para-hydroxylation sites is 1. The van der Waals surface area contributed by atoms with Crippen LogP contribution >= 0.6 is 0 Å². The second-order valence-corrected chi connectivity index (χ2v) is 5.29. The van der Waals surface area contributed by atoms with E-state index in [9.17, 15) is 14.4 Å². The number of esters is 1. The van der Waals surface area contributed by atoms with Crippen molar-refractivity contribution in [2.75, 3.05) is 6.73 Å². The summed E-state index contributed by atoms with van der Waals surface area (Å²) in [6.07, 6.45) is 0. The van der Waals surface area contributed by atoms with Crippen molar-refractivity contribution in [2.24, 2.45) is 0 Å². The molecule has 2 amide bonds. The smallest absolute Gasteiger partial charge is 0.376 e. The third-order valence-corrected chi connectivity index (χ3v) is 3.83. The van der Waals surface area contributed by atoms with Crippen LogP contribution in [0.2, 0.25) is 0 Å². The number of imide groups is 1. The maximum atomic E-state index is 12.2. The van der Waals surface area contributed by atoms with E-state index in [0.29, 0.717) is 16.7 Å². The van der Waals surface area contributed by atoms with Crippen molar-refractivity contribution in [3.05, 3.63) is 71.5 Å². The van der Waals surface area contributed by atoms with E-state index < -0.39 is 24.5 Å². The molecule has 1 aliphatic heterocycles. The minimum Gasteiger partial charge on any atom is -0.449 e. The normalized spacial score (nSPS) is 13.4. The van der Waals surface area contributed by atoms with Crippen molar-refractivity contribution in [3.8, 4) is 0 Å². The summed E-state index contributed by atoms with van der Waals surface area (Å²) in [5, 5.41) is 0.769. The van der Waals surface area contributed by atoms with Crippen LogP contribution in [0.15, 0.2) is 59.0 Å². The Kier molecular flexibility index (Phi) is 3.16. The summed E-state index contributed by atoms with van der Waals surface area (Å²) < 4.78 is 10.5. The first-order valence-electron chi connectivity index (χ1n) is 7.26. The lowest BCUT2D eigenvalue weighted by Crippen LogP contribution is -2.33. The van der Waals surface area contributed by atoms with Gasteiger partial charge in [-0.2, -0.15) is 0 Å². The fourth-order valence-corrected chi connectivity index (χ4v) is 2.63. The minimum absolute atomic E-state index is 0.0211. The molecule has 6 nitrogen and oxygen atoms in total. The molecule has 0 saturated heterocycles. The largest absolute Gasteiger partial charge is 0.449 e. The van der Waals surface area contributed by atoms with Gasteiger partial charge in [0, 0.05) is 5.39 Å². The molecular formula is C18H11NO5. The van der Waals surface area contributed by atoms with Crippen LogP contribution in [-0.2, 0) is 4.74 Å². The Morgan fingerprint density at radius 1 is 0.958 bits per heavy atom. The monoisotopic (exact) mass is 321 g/mol. The Morgan fingerprint density at radius 3 is 2.25 bits per heavy atom. The number of ether oxygens (including phenoxy) is 1. The Hall–Kier alpha value is -3.41. The van der Waals surface area contributed by atoms with E-state index >= 15 is 0 Å². The second kappa shape index (κ2) is 5.34. The fraction of sp³-hybridized carbons (Fsp3) is 0.0556. The number of nitrogens with zero attached hydrogens (tertiary/aromatic N) is 1. The summed E-state index contributed by atoms with van der Waals surface area (Å²) >= 11 is 0. The van der Waals surface area contributed by atoms with Gasteiger partial charge in [0.15, 0.2) is 6.73 Å². The average Bonchev–Trinajstić information content (AvgIpc) is 3.14. The first kappa shape index (κ1) is 14.2. The van der Waals surface area contributed by atoms with Crippen molar-refractivity contribution < 1.29 is 23.5 Å². The summed E-state index contributed by atoms with van der Waals surface area (Å²) in [5.74, 6) is -1.67. The van der Waals surface area contributed by atoms with Gasteiger partial charge in [-0.3, -0.25) is 9.59 Å². The molecule has 0 aliphatic carbocycles. The maximum Gasteiger partial charge on any atom is 0.376 e. The predicted octanol–water partition coefficient (Wildman–Crippen LogP) is 2.84. The van der Waals surface area contributed by atoms with E-state index in [2.05, 4.69) is 0 Å². The number of rotatable bonds is 3. The number of fused-ring (bicyclic) bond motifs is 2. The summed E-state index contributed by atoms with van der Waals surface area (Å²) in [4.78, 5) is 37.4. The number of amides is 2. The number of carbonyl (C=O) groups is 3. The van der Waals surface area contributed by atoms with Crippen LogP contribution in [0, 0.1) is 0 Å². The maximum absolute atomic E-state index is 12.2. The molecule has 0 radical (unpaired) electrons. The van der Waals surface area contributed by atoms with Gasteiger partial charge in [-0.1, -0.05) is 30.3 Å². The SMILES string of the molecule is O=C(OCN1C(=O)c2ccccc2C1=O)c1cc2ccccc2o1. The molecule has 0 saturated carbocycles. The molecule has 0 unspecified atom stereocenters. The van der Waals surface area contributed by atoms with Gasteiger partial charge >= 0.3 is 5.97 Å². The van der Waals surface area contributed by atoms with E-state index in [0.717, 1.165) is 10.3 Å². The third kappa shape index (κ3) is 2.16. The van der Waals surface area contributed by atoms with Crippen LogP contribution in [0.5, 0.6) is 0 Å². The Labute approximate surface area is 136 Å². The molecule has 0 atom stereocenters. The number of hydrogen-bond acceptors (Lipinski definition) is 5. The lowest BCUT2D eigenvalue weighted by molar-refractivity contribution is 0.0206. The molecule has 0 spiro atoms. The van der Waals surface area contributed by atoms with Gasteiger partial charge < -0.3 is 9.15 Å². The summed E-state index contributed by atoms with van der Waals surface area (Å²) in [6.45, 7) is -0.456. The van der Waals surface area contributed by atoms with Gasteiger partial charge in [0.2, 0.25) is 5.76 Å². The molecule has 4 rings (SSSR count). The van der Waals surface area contributed by atoms with Crippen molar-refractivity contribution >= 4 is 28.8 Å². The molecule has 1 aliphatic rings. The number of hydrogen-bond donors (Lipinski definition) is 0. The van der Waals surface area contributed by atoms with Gasteiger partial charge in [-0.25, -0.2) is 9.69 Å². The molecule has 2 heterocycles. The van der Waals surface area contributed by atoms with Gasteiger partial charge in [0.1, 0.15) is 5.58 Å². The highest BCUT2D eigenvalue weighted by atomic mass is 16.6. The van der Waals surface area contributed by atoms with E-state index in [1.165, 1.54) is 0 Å². The molecule has 3 aromatic rings. The second-order valence-electron chi connectivity index (χ2n) is 5.29. The first-order valence-corrected chi connectivity index (χ1v) is 7.26. The summed E-state index contributed by atoms with van der Waals surface area (Å²) in [5.41, 5.74) is 1.18. The van der Waals surface area contributed by atoms with E-state index in [1.54, 1.807) is 48.5 Å². The highest BCUT2D eigenvalue weighted by Crippen LogP contribution is 2.23. The van der Waals surface area contributed by atoms with Crippen LogP contribution in [0.3, 0.4) is 0 Å². The Bertz CT molecular complexity index is 920. The first-order chi connectivity index (χ1) is 11.6. The van der Waals surface area contributed by atoms with Crippen molar-refractivity contribution in [3.63, 3.8) is 0 Å². The Morgan fingerprint density at radius 2 is 1.58 bits per heavy atom. The van der Waals surface area contributed by atoms with E-state index in [1.807, 2.05) is 6.07 Å². The number of furan rings is 1. The van der Waals surface area contributed by atoms with Crippen LogP contribution in [0.1, 0.15) is 31.3 Å². The lowest BCUT2D eigenvalue weighted by Gasteiger charge is -2.13. The highest BCUT2D eigenvalue weighted by Gasteiger charge is 2.36. The van der Waals surface area contributed by atoms with Crippen molar-refractivity contribution in [1.82, 2.24) is 4.90 Å². The molecule has 0 fully saturated rings. The zero-order chi connectivity index (χ0) is 16.7. The van der Waals surface area contributed by atoms with Crippen LogP contribution in [0.25, 0.3) is 11.0 Å². The number of benzene rings is 2. The van der Waals surface area contributed by atoms with Crippen LogP contribution < -0.4 is 0 Å².